The molecule has 1 aliphatic carbocycles. The number of carbonyl (C=O) groups excluding carboxylic acids is 1. The van der Waals surface area contributed by atoms with Gasteiger partial charge in [-0.2, -0.15) is 0 Å². The molecule has 1 aliphatic rings. The van der Waals surface area contributed by atoms with Crippen LogP contribution in [0.4, 0.5) is 5.69 Å². The molecule has 1 aromatic rings. The van der Waals surface area contributed by atoms with Crippen molar-refractivity contribution < 1.29 is 14.7 Å². The molecule has 0 saturated heterocycles. The van der Waals surface area contributed by atoms with Crippen molar-refractivity contribution in [2.24, 2.45) is 5.73 Å². The van der Waals surface area contributed by atoms with E-state index in [9.17, 15) is 14.7 Å². The molecule has 1 fully saturated rings. The largest absolute Gasteiger partial charge is 0.480 e. The van der Waals surface area contributed by atoms with E-state index in [1.54, 1.807) is 18.2 Å². The van der Waals surface area contributed by atoms with Crippen molar-refractivity contribution in [3.05, 3.63) is 28.2 Å². The van der Waals surface area contributed by atoms with Crippen molar-refractivity contribution in [1.82, 2.24) is 0 Å². The van der Waals surface area contributed by atoms with Gasteiger partial charge in [-0.15, -0.1) is 0 Å². The Bertz CT molecular complexity index is 552. The maximum atomic E-state index is 11.8. The van der Waals surface area contributed by atoms with E-state index in [1.165, 1.54) is 0 Å². The van der Waals surface area contributed by atoms with Crippen LogP contribution in [0.25, 0.3) is 0 Å². The fourth-order valence-electron chi connectivity index (χ4n) is 2.86. The Labute approximate surface area is 132 Å². The third-order valence-electron chi connectivity index (χ3n) is 4.00. The maximum Gasteiger partial charge on any atom is 0.329 e. The zero-order chi connectivity index (χ0) is 15.5. The van der Waals surface area contributed by atoms with Crippen molar-refractivity contribution >= 4 is 33.5 Å². The van der Waals surface area contributed by atoms with Crippen molar-refractivity contribution in [3.8, 4) is 0 Å². The van der Waals surface area contributed by atoms with Crippen LogP contribution in [-0.2, 0) is 4.79 Å². The number of benzene rings is 1. The summed E-state index contributed by atoms with van der Waals surface area (Å²) < 4.78 is 0.564. The molecule has 1 saturated carbocycles. The second-order valence-corrected chi connectivity index (χ2v) is 6.31. The van der Waals surface area contributed by atoms with Crippen molar-refractivity contribution in [2.75, 3.05) is 5.32 Å². The lowest BCUT2D eigenvalue weighted by Crippen LogP contribution is -2.46. The van der Waals surface area contributed by atoms with Crippen LogP contribution in [-0.4, -0.2) is 22.5 Å². The molecule has 0 radical (unpaired) electrons. The monoisotopic (exact) mass is 354 g/mol. The molecule has 0 atom stereocenters. The molecule has 1 aromatic carbocycles. The van der Waals surface area contributed by atoms with Gasteiger partial charge in [0, 0.05) is 10.2 Å². The Morgan fingerprint density at radius 1 is 1.19 bits per heavy atom. The number of hydrogen-bond donors (Lipinski definition) is 3. The number of nitrogens with two attached hydrogens (primary N) is 1. The summed E-state index contributed by atoms with van der Waals surface area (Å²) in [6.07, 6.45) is 4.90. The number of primary amides is 1. The van der Waals surface area contributed by atoms with E-state index in [0.29, 0.717) is 28.6 Å². The van der Waals surface area contributed by atoms with Crippen LogP contribution in [0.5, 0.6) is 0 Å². The molecule has 1 amide bonds. The minimum Gasteiger partial charge on any atom is -0.480 e. The van der Waals surface area contributed by atoms with E-state index in [2.05, 4.69) is 21.2 Å². The van der Waals surface area contributed by atoms with Crippen molar-refractivity contribution in [1.29, 1.82) is 0 Å². The average Bonchev–Trinajstić information content (AvgIpc) is 2.65. The van der Waals surface area contributed by atoms with Gasteiger partial charge in [0.15, 0.2) is 0 Å². The third kappa shape index (κ3) is 3.37. The number of aliphatic carboxylic acids is 1. The molecule has 0 bridgehead atoms. The van der Waals surface area contributed by atoms with Gasteiger partial charge in [-0.1, -0.05) is 31.7 Å². The van der Waals surface area contributed by atoms with Crippen LogP contribution in [0.1, 0.15) is 48.9 Å². The number of carboxylic acids is 1. The van der Waals surface area contributed by atoms with Crippen molar-refractivity contribution in [3.63, 3.8) is 0 Å². The SMILES string of the molecule is NC(=O)c1c(Br)cccc1NC1(C(=O)O)CCCCCC1. The van der Waals surface area contributed by atoms with E-state index in [1.807, 2.05) is 0 Å². The molecule has 114 valence electrons. The summed E-state index contributed by atoms with van der Waals surface area (Å²) in [5.41, 5.74) is 5.16. The molecule has 2 rings (SSSR count). The van der Waals surface area contributed by atoms with Gasteiger partial charge in [0.2, 0.25) is 0 Å². The number of anilines is 1. The standard InChI is InChI=1S/C15H19BrN2O3/c16-10-6-5-7-11(12(10)13(17)19)18-15(14(20)21)8-3-1-2-4-9-15/h5-7,18H,1-4,8-9H2,(H2,17,19)(H,20,21). The van der Waals surface area contributed by atoms with E-state index >= 15 is 0 Å². The lowest BCUT2D eigenvalue weighted by molar-refractivity contribution is -0.142. The predicted molar refractivity (Wildman–Crippen MR) is 84.4 cm³/mol. The first-order valence-electron chi connectivity index (χ1n) is 7.06. The van der Waals surface area contributed by atoms with E-state index in [4.69, 9.17) is 5.73 Å². The fourth-order valence-corrected chi connectivity index (χ4v) is 3.42. The van der Waals surface area contributed by atoms with Gasteiger partial charge in [0.05, 0.1) is 5.56 Å². The second kappa shape index (κ2) is 6.47. The highest BCUT2D eigenvalue weighted by Crippen LogP contribution is 2.34. The van der Waals surface area contributed by atoms with Gasteiger partial charge in [-0.3, -0.25) is 4.79 Å². The average molecular weight is 355 g/mol. The minimum absolute atomic E-state index is 0.294. The maximum absolute atomic E-state index is 11.8. The van der Waals surface area contributed by atoms with Gasteiger partial charge in [-0.25, -0.2) is 4.79 Å². The first-order valence-corrected chi connectivity index (χ1v) is 7.85. The van der Waals surface area contributed by atoms with E-state index in [0.717, 1.165) is 25.7 Å². The van der Waals surface area contributed by atoms with Gasteiger partial charge in [-0.05, 0) is 40.9 Å². The molecule has 21 heavy (non-hydrogen) atoms. The molecule has 5 nitrogen and oxygen atoms in total. The normalized spacial score (nSPS) is 17.8. The van der Waals surface area contributed by atoms with Crippen LogP contribution in [0.3, 0.4) is 0 Å². The van der Waals surface area contributed by atoms with Crippen LogP contribution < -0.4 is 11.1 Å². The molecular formula is C15H19BrN2O3. The summed E-state index contributed by atoms with van der Waals surface area (Å²) in [5, 5.41) is 12.8. The number of amides is 1. The summed E-state index contributed by atoms with van der Waals surface area (Å²) >= 11 is 3.29. The molecular weight excluding hydrogens is 336 g/mol. The highest BCUT2D eigenvalue weighted by molar-refractivity contribution is 9.10. The lowest BCUT2D eigenvalue weighted by Gasteiger charge is -2.31. The quantitative estimate of drug-likeness (QED) is 0.724. The molecule has 0 unspecified atom stereocenters. The minimum atomic E-state index is -1.03. The van der Waals surface area contributed by atoms with E-state index in [-0.39, 0.29) is 0 Å². The summed E-state index contributed by atoms with van der Waals surface area (Å²) in [4.78, 5) is 23.4. The van der Waals surface area contributed by atoms with E-state index < -0.39 is 17.4 Å². The highest BCUT2D eigenvalue weighted by Gasteiger charge is 2.39. The summed E-state index contributed by atoms with van der Waals surface area (Å²) in [6.45, 7) is 0. The van der Waals surface area contributed by atoms with Crippen LogP contribution in [0.15, 0.2) is 22.7 Å². The zero-order valence-electron chi connectivity index (χ0n) is 11.7. The van der Waals surface area contributed by atoms with Gasteiger partial charge >= 0.3 is 5.97 Å². The van der Waals surface area contributed by atoms with Crippen molar-refractivity contribution in [2.45, 2.75) is 44.1 Å². The molecule has 6 heteroatoms. The lowest BCUT2D eigenvalue weighted by atomic mass is 9.89. The van der Waals surface area contributed by atoms with Crippen LogP contribution in [0.2, 0.25) is 0 Å². The van der Waals surface area contributed by atoms with Crippen LogP contribution >= 0.6 is 15.9 Å². The van der Waals surface area contributed by atoms with Gasteiger partial charge in [0.25, 0.3) is 5.91 Å². The Balaban J connectivity index is 2.40. The predicted octanol–water partition coefficient (Wildman–Crippen LogP) is 3.14. The Morgan fingerprint density at radius 2 is 1.81 bits per heavy atom. The zero-order valence-corrected chi connectivity index (χ0v) is 13.3. The Kier molecular flexibility index (Phi) is 4.88. The number of rotatable bonds is 4. The fraction of sp³-hybridized carbons (Fsp3) is 0.467. The Morgan fingerprint density at radius 3 is 2.33 bits per heavy atom. The summed E-state index contributed by atoms with van der Waals surface area (Å²) in [7, 11) is 0. The van der Waals surface area contributed by atoms with Crippen LogP contribution in [0, 0.1) is 0 Å². The topological polar surface area (TPSA) is 92.4 Å². The third-order valence-corrected chi connectivity index (χ3v) is 4.66. The van der Waals surface area contributed by atoms with Gasteiger partial charge in [0.1, 0.15) is 5.54 Å². The summed E-state index contributed by atoms with van der Waals surface area (Å²) in [6, 6.07) is 5.16. The first kappa shape index (κ1) is 15.8. The number of nitrogens with one attached hydrogen (secondary N) is 1. The molecule has 0 spiro atoms. The second-order valence-electron chi connectivity index (χ2n) is 5.45. The highest BCUT2D eigenvalue weighted by atomic mass is 79.9. The first-order chi connectivity index (χ1) is 9.96. The number of halogens is 1. The molecule has 4 N–H and O–H groups in total. The molecule has 0 aliphatic heterocycles. The molecule has 0 heterocycles. The summed E-state index contributed by atoms with van der Waals surface area (Å²) in [5.74, 6) is -1.46. The number of carbonyl (C=O) groups is 2. The van der Waals surface area contributed by atoms with Gasteiger partial charge < -0.3 is 16.2 Å². The smallest absolute Gasteiger partial charge is 0.329 e. The Hall–Kier alpha value is -1.56. The molecule has 0 aromatic heterocycles. The number of hydrogen-bond acceptors (Lipinski definition) is 3. The number of carboxylic acid groups (broad SMARTS) is 1.